The third kappa shape index (κ3) is 5.50. The first-order valence-corrected chi connectivity index (χ1v) is 8.27. The highest BCUT2D eigenvalue weighted by Crippen LogP contribution is 2.22. The Morgan fingerprint density at radius 2 is 2.22 bits per heavy atom. The Bertz CT molecular complexity index is 714. The molecule has 1 aromatic heterocycles. The van der Waals surface area contributed by atoms with Crippen LogP contribution in [0.3, 0.4) is 0 Å². The molecule has 0 aliphatic heterocycles. The summed E-state index contributed by atoms with van der Waals surface area (Å²) in [6.07, 6.45) is 3.21. The summed E-state index contributed by atoms with van der Waals surface area (Å²) >= 11 is 7.46. The van der Waals surface area contributed by atoms with E-state index in [1.807, 2.05) is 12.3 Å². The number of thiazole rings is 1. The molecular weight excluding hydrogens is 334 g/mol. The van der Waals surface area contributed by atoms with E-state index in [0.717, 1.165) is 11.3 Å². The number of carbonyl (C=O) groups excluding carboxylic acids is 2. The maximum absolute atomic E-state index is 11.9. The van der Waals surface area contributed by atoms with Crippen LogP contribution < -0.4 is 10.6 Å². The van der Waals surface area contributed by atoms with Crippen molar-refractivity contribution < 1.29 is 9.59 Å². The van der Waals surface area contributed by atoms with Gasteiger partial charge in [0, 0.05) is 35.1 Å². The Kier molecular flexibility index (Phi) is 6.31. The van der Waals surface area contributed by atoms with Crippen LogP contribution in [-0.4, -0.2) is 23.3 Å². The topological polar surface area (TPSA) is 71.1 Å². The normalized spacial score (nSPS) is 10.7. The van der Waals surface area contributed by atoms with Crippen molar-refractivity contribution in [2.24, 2.45) is 0 Å². The maximum Gasteiger partial charge on any atom is 0.244 e. The van der Waals surface area contributed by atoms with Crippen molar-refractivity contribution in [2.75, 3.05) is 11.9 Å². The Morgan fingerprint density at radius 3 is 2.96 bits per heavy atom. The van der Waals surface area contributed by atoms with Crippen LogP contribution in [0.1, 0.15) is 17.7 Å². The van der Waals surface area contributed by atoms with Crippen LogP contribution in [0.15, 0.2) is 35.2 Å². The van der Waals surface area contributed by atoms with Crippen LogP contribution in [-0.2, 0) is 9.59 Å². The van der Waals surface area contributed by atoms with E-state index in [4.69, 9.17) is 11.6 Å². The Hall–Kier alpha value is -2.18. The summed E-state index contributed by atoms with van der Waals surface area (Å²) in [5, 5.41) is 7.87. The van der Waals surface area contributed by atoms with Gasteiger partial charge in [0.25, 0.3) is 0 Å². The number of benzene rings is 1. The molecular formula is C16H16ClN3O2S. The van der Waals surface area contributed by atoms with Gasteiger partial charge in [0.05, 0.1) is 11.2 Å². The van der Waals surface area contributed by atoms with Gasteiger partial charge in [-0.25, -0.2) is 4.98 Å². The average Bonchev–Trinajstić information content (AvgIpc) is 3.03. The summed E-state index contributed by atoms with van der Waals surface area (Å²) in [6, 6.07) is 5.33. The number of nitrogens with zero attached hydrogens (tertiary/aromatic N) is 1. The number of amides is 2. The number of aromatic nitrogens is 1. The Balaban J connectivity index is 1.74. The molecule has 2 rings (SSSR count). The molecule has 0 aliphatic rings. The van der Waals surface area contributed by atoms with Gasteiger partial charge < -0.3 is 10.6 Å². The van der Waals surface area contributed by atoms with E-state index < -0.39 is 0 Å². The van der Waals surface area contributed by atoms with E-state index in [2.05, 4.69) is 15.6 Å². The molecule has 2 amide bonds. The average molecular weight is 350 g/mol. The first-order valence-electron chi connectivity index (χ1n) is 6.95. The highest BCUT2D eigenvalue weighted by Gasteiger charge is 2.07. The maximum atomic E-state index is 11.9. The Labute approximate surface area is 143 Å². The van der Waals surface area contributed by atoms with E-state index >= 15 is 0 Å². The lowest BCUT2D eigenvalue weighted by Gasteiger charge is -2.09. The Morgan fingerprint density at radius 1 is 1.39 bits per heavy atom. The fourth-order valence-corrected chi connectivity index (χ4v) is 2.48. The first-order chi connectivity index (χ1) is 11.1. The zero-order chi connectivity index (χ0) is 16.7. The van der Waals surface area contributed by atoms with E-state index in [9.17, 15) is 9.59 Å². The van der Waals surface area contributed by atoms with Crippen molar-refractivity contribution in [1.82, 2.24) is 10.3 Å². The smallest absolute Gasteiger partial charge is 0.244 e. The lowest BCUT2D eigenvalue weighted by molar-refractivity contribution is -0.117. The fraction of sp³-hybridized carbons (Fsp3) is 0.188. The second-order valence-electron chi connectivity index (χ2n) is 4.75. The minimum atomic E-state index is -0.260. The molecule has 120 valence electrons. The highest BCUT2D eigenvalue weighted by atomic mass is 35.5. The van der Waals surface area contributed by atoms with Crippen LogP contribution in [0.2, 0.25) is 5.02 Å². The molecule has 0 radical (unpaired) electrons. The minimum Gasteiger partial charge on any atom is -0.352 e. The van der Waals surface area contributed by atoms with Gasteiger partial charge in [-0.15, -0.1) is 11.3 Å². The molecule has 0 bridgehead atoms. The van der Waals surface area contributed by atoms with Crippen LogP contribution in [0.25, 0.3) is 6.08 Å². The van der Waals surface area contributed by atoms with Crippen LogP contribution in [0.4, 0.5) is 5.69 Å². The third-order valence-corrected chi connectivity index (χ3v) is 4.06. The summed E-state index contributed by atoms with van der Waals surface area (Å²) in [6.45, 7) is 2.09. The number of hydrogen-bond acceptors (Lipinski definition) is 4. The molecule has 0 saturated heterocycles. The lowest BCUT2D eigenvalue weighted by Crippen LogP contribution is -2.26. The molecule has 0 atom stereocenters. The SMILES string of the molecule is Cc1c(Cl)cccc1NC(=O)CCNC(=O)C=Cc1cscn1. The van der Waals surface area contributed by atoms with Crippen molar-refractivity contribution in [3.8, 4) is 0 Å². The molecule has 0 saturated carbocycles. The zero-order valence-corrected chi connectivity index (χ0v) is 14.1. The fourth-order valence-electron chi connectivity index (χ4n) is 1.78. The summed E-state index contributed by atoms with van der Waals surface area (Å²) < 4.78 is 0. The van der Waals surface area contributed by atoms with Gasteiger partial charge >= 0.3 is 0 Å². The molecule has 0 aliphatic carbocycles. The van der Waals surface area contributed by atoms with Crippen LogP contribution in [0, 0.1) is 6.92 Å². The molecule has 2 aromatic rings. The quantitative estimate of drug-likeness (QED) is 0.786. The third-order valence-electron chi connectivity index (χ3n) is 3.05. The standard InChI is InChI=1S/C16H16ClN3O2S/c1-11-13(17)3-2-4-14(11)20-16(22)7-8-18-15(21)6-5-12-9-23-10-19-12/h2-6,9-10H,7-8H2,1H3,(H,18,21)(H,20,22). The van der Waals surface area contributed by atoms with Gasteiger partial charge in [-0.2, -0.15) is 0 Å². The molecule has 1 heterocycles. The lowest BCUT2D eigenvalue weighted by atomic mass is 10.2. The van der Waals surface area contributed by atoms with Crippen LogP contribution >= 0.6 is 22.9 Å². The molecule has 23 heavy (non-hydrogen) atoms. The summed E-state index contributed by atoms with van der Waals surface area (Å²) in [4.78, 5) is 27.5. The molecule has 5 nitrogen and oxygen atoms in total. The van der Waals surface area contributed by atoms with Crippen molar-refractivity contribution in [1.29, 1.82) is 0 Å². The number of hydrogen-bond donors (Lipinski definition) is 2. The van der Waals surface area contributed by atoms with Gasteiger partial charge in [0.2, 0.25) is 11.8 Å². The van der Waals surface area contributed by atoms with E-state index in [0.29, 0.717) is 10.7 Å². The number of halogens is 1. The summed E-state index contributed by atoms with van der Waals surface area (Å²) in [7, 11) is 0. The monoisotopic (exact) mass is 349 g/mol. The predicted octanol–water partition coefficient (Wildman–Crippen LogP) is 3.26. The molecule has 2 N–H and O–H groups in total. The van der Waals surface area contributed by atoms with Gasteiger partial charge in [-0.05, 0) is 30.7 Å². The minimum absolute atomic E-state index is 0.181. The predicted molar refractivity (Wildman–Crippen MR) is 93.6 cm³/mol. The number of rotatable bonds is 6. The van der Waals surface area contributed by atoms with Crippen molar-refractivity contribution in [3.63, 3.8) is 0 Å². The molecule has 0 unspecified atom stereocenters. The van der Waals surface area contributed by atoms with Gasteiger partial charge in [0.1, 0.15) is 0 Å². The van der Waals surface area contributed by atoms with Gasteiger partial charge in [-0.1, -0.05) is 17.7 Å². The number of anilines is 1. The van der Waals surface area contributed by atoms with E-state index in [-0.39, 0.29) is 24.8 Å². The molecule has 7 heteroatoms. The first kappa shape index (κ1) is 17.2. The molecule has 1 aromatic carbocycles. The highest BCUT2D eigenvalue weighted by molar-refractivity contribution is 7.07. The van der Waals surface area contributed by atoms with Crippen molar-refractivity contribution >= 4 is 46.5 Å². The summed E-state index contributed by atoms with van der Waals surface area (Å²) in [5.74, 6) is -0.441. The van der Waals surface area contributed by atoms with Crippen molar-refractivity contribution in [3.05, 3.63) is 51.4 Å². The zero-order valence-electron chi connectivity index (χ0n) is 12.5. The van der Waals surface area contributed by atoms with E-state index in [1.54, 1.807) is 29.8 Å². The second kappa shape index (κ2) is 8.45. The summed E-state index contributed by atoms with van der Waals surface area (Å²) in [5.41, 5.74) is 3.93. The van der Waals surface area contributed by atoms with Gasteiger partial charge in [0.15, 0.2) is 0 Å². The van der Waals surface area contributed by atoms with E-state index in [1.165, 1.54) is 17.4 Å². The van der Waals surface area contributed by atoms with Crippen LogP contribution in [0.5, 0.6) is 0 Å². The second-order valence-corrected chi connectivity index (χ2v) is 5.87. The van der Waals surface area contributed by atoms with Crippen molar-refractivity contribution in [2.45, 2.75) is 13.3 Å². The molecule has 0 fully saturated rings. The molecule has 0 spiro atoms. The number of carbonyl (C=O) groups is 2. The van der Waals surface area contributed by atoms with Gasteiger partial charge in [-0.3, -0.25) is 9.59 Å². The largest absolute Gasteiger partial charge is 0.352 e. The number of nitrogens with one attached hydrogen (secondary N) is 2.